The van der Waals surface area contributed by atoms with Gasteiger partial charge in [-0.1, -0.05) is 24.3 Å². The minimum atomic E-state index is -0.209. The van der Waals surface area contributed by atoms with Gasteiger partial charge in [-0.05, 0) is 73.5 Å². The topological polar surface area (TPSA) is 73.9 Å². The van der Waals surface area contributed by atoms with Gasteiger partial charge in [0.25, 0.3) is 5.03 Å². The molecule has 2 aromatic heterocycles. The normalized spacial score (nSPS) is 10.8. The zero-order chi connectivity index (χ0) is 22.7. The lowest BCUT2D eigenvalue weighted by molar-refractivity contribution is -0.645. The van der Waals surface area contributed by atoms with Gasteiger partial charge in [0, 0.05) is 23.8 Å². The van der Waals surface area contributed by atoms with Crippen LogP contribution in [0.2, 0.25) is 0 Å². The first-order valence-corrected chi connectivity index (χ1v) is 11.3. The standard InChI is InChI=1S/C25H24N4O2S/c1-17-13-19(3)21(14-18(17)2)22-15-23(29(27-22)20-9-5-4-6-10-20)26-24(30)16-32-25-11-7-8-12-28(25)31/h4-15H,16H2,1-3H3,(H,26,30). The minimum absolute atomic E-state index is 0.115. The Kier molecular flexibility index (Phi) is 6.28. The molecule has 0 aliphatic heterocycles. The van der Waals surface area contributed by atoms with Gasteiger partial charge in [-0.15, -0.1) is 0 Å². The predicted molar refractivity (Wildman–Crippen MR) is 128 cm³/mol. The summed E-state index contributed by atoms with van der Waals surface area (Å²) in [6, 6.07) is 21.0. The Morgan fingerprint density at radius 3 is 2.47 bits per heavy atom. The first kappa shape index (κ1) is 21.6. The quantitative estimate of drug-likeness (QED) is 0.263. The number of carbonyl (C=O) groups is 1. The Hall–Kier alpha value is -3.58. The molecule has 1 N–H and O–H groups in total. The van der Waals surface area contributed by atoms with Crippen molar-refractivity contribution in [3.8, 4) is 16.9 Å². The molecule has 0 atom stereocenters. The van der Waals surface area contributed by atoms with E-state index < -0.39 is 0 Å². The van der Waals surface area contributed by atoms with Crippen LogP contribution in [0, 0.1) is 26.0 Å². The Balaban J connectivity index is 1.64. The summed E-state index contributed by atoms with van der Waals surface area (Å²) in [5.74, 6) is 0.487. The maximum absolute atomic E-state index is 12.7. The van der Waals surface area contributed by atoms with Crippen LogP contribution < -0.4 is 10.0 Å². The predicted octanol–water partition coefficient (Wildman–Crippen LogP) is 4.83. The van der Waals surface area contributed by atoms with Crippen LogP contribution in [0.4, 0.5) is 5.82 Å². The fraction of sp³-hybridized carbons (Fsp3) is 0.160. The number of amides is 1. The summed E-state index contributed by atoms with van der Waals surface area (Å²) in [5.41, 5.74) is 6.22. The molecule has 162 valence electrons. The minimum Gasteiger partial charge on any atom is -0.618 e. The third-order valence-corrected chi connectivity index (χ3v) is 6.25. The van der Waals surface area contributed by atoms with Crippen molar-refractivity contribution in [2.45, 2.75) is 25.8 Å². The van der Waals surface area contributed by atoms with Gasteiger partial charge in [-0.25, -0.2) is 4.68 Å². The van der Waals surface area contributed by atoms with E-state index in [2.05, 4.69) is 38.2 Å². The fourth-order valence-corrected chi connectivity index (χ4v) is 4.16. The monoisotopic (exact) mass is 444 g/mol. The number of rotatable bonds is 6. The van der Waals surface area contributed by atoms with E-state index in [1.54, 1.807) is 22.9 Å². The molecule has 0 radical (unpaired) electrons. The number of para-hydroxylation sites is 1. The molecule has 0 aliphatic carbocycles. The van der Waals surface area contributed by atoms with Gasteiger partial charge in [0.05, 0.1) is 17.1 Å². The molecule has 0 aliphatic rings. The van der Waals surface area contributed by atoms with Crippen LogP contribution in [0.15, 0.2) is 78.0 Å². The van der Waals surface area contributed by atoms with E-state index in [1.807, 2.05) is 36.4 Å². The lowest BCUT2D eigenvalue weighted by Crippen LogP contribution is -2.28. The van der Waals surface area contributed by atoms with Crippen molar-refractivity contribution in [1.82, 2.24) is 9.78 Å². The molecule has 6 nitrogen and oxygen atoms in total. The van der Waals surface area contributed by atoms with Crippen molar-refractivity contribution in [2.75, 3.05) is 11.1 Å². The molecule has 4 rings (SSSR count). The maximum Gasteiger partial charge on any atom is 0.251 e. The lowest BCUT2D eigenvalue weighted by atomic mass is 9.99. The van der Waals surface area contributed by atoms with E-state index in [0.29, 0.717) is 10.8 Å². The number of aryl methyl sites for hydroxylation is 3. The number of hydrogen-bond donors (Lipinski definition) is 1. The molecule has 0 spiro atoms. The summed E-state index contributed by atoms with van der Waals surface area (Å²) in [5, 5.41) is 20.1. The van der Waals surface area contributed by atoms with Gasteiger partial charge < -0.3 is 10.5 Å². The van der Waals surface area contributed by atoms with Crippen LogP contribution in [0.25, 0.3) is 16.9 Å². The molecular weight excluding hydrogens is 420 g/mol. The van der Waals surface area contributed by atoms with Crippen molar-refractivity contribution in [3.63, 3.8) is 0 Å². The second-order valence-corrected chi connectivity index (χ2v) is 8.61. The molecule has 4 aromatic rings. The van der Waals surface area contributed by atoms with E-state index in [1.165, 1.54) is 29.1 Å². The van der Waals surface area contributed by atoms with E-state index in [4.69, 9.17) is 5.10 Å². The highest BCUT2D eigenvalue weighted by Gasteiger charge is 2.17. The van der Waals surface area contributed by atoms with Crippen LogP contribution in [-0.2, 0) is 4.79 Å². The molecule has 0 unspecified atom stereocenters. The number of carbonyl (C=O) groups excluding carboxylic acids is 1. The highest BCUT2D eigenvalue weighted by Crippen LogP contribution is 2.29. The molecule has 0 saturated carbocycles. The third kappa shape index (κ3) is 4.68. The number of nitrogens with one attached hydrogen (secondary N) is 1. The van der Waals surface area contributed by atoms with Crippen molar-refractivity contribution in [2.24, 2.45) is 0 Å². The Morgan fingerprint density at radius 2 is 1.72 bits per heavy atom. The average molecular weight is 445 g/mol. The van der Waals surface area contributed by atoms with Crippen molar-refractivity contribution in [1.29, 1.82) is 0 Å². The molecule has 2 aromatic carbocycles. The van der Waals surface area contributed by atoms with E-state index in [0.717, 1.165) is 27.2 Å². The van der Waals surface area contributed by atoms with Gasteiger partial charge in [-0.2, -0.15) is 9.83 Å². The molecule has 2 heterocycles. The maximum atomic E-state index is 12.7. The van der Waals surface area contributed by atoms with E-state index in [-0.39, 0.29) is 11.7 Å². The number of benzene rings is 2. The van der Waals surface area contributed by atoms with Crippen molar-refractivity contribution in [3.05, 3.63) is 94.8 Å². The van der Waals surface area contributed by atoms with Crippen LogP contribution in [0.5, 0.6) is 0 Å². The first-order chi connectivity index (χ1) is 15.4. The number of nitrogens with zero attached hydrogens (tertiary/aromatic N) is 3. The molecule has 1 amide bonds. The molecule has 32 heavy (non-hydrogen) atoms. The van der Waals surface area contributed by atoms with Gasteiger partial charge in [0.2, 0.25) is 5.91 Å². The van der Waals surface area contributed by atoms with Gasteiger partial charge in [-0.3, -0.25) is 4.79 Å². The second kappa shape index (κ2) is 9.28. The molecule has 0 fully saturated rings. The van der Waals surface area contributed by atoms with Crippen LogP contribution in [0.3, 0.4) is 0 Å². The number of thioether (sulfide) groups is 1. The van der Waals surface area contributed by atoms with E-state index in [9.17, 15) is 10.0 Å². The second-order valence-electron chi connectivity index (χ2n) is 7.62. The fourth-order valence-electron chi connectivity index (χ4n) is 3.45. The molecular formula is C25H24N4O2S. The Labute approximate surface area is 191 Å². The zero-order valence-corrected chi connectivity index (χ0v) is 19.0. The summed E-state index contributed by atoms with van der Waals surface area (Å²) in [4.78, 5) is 12.7. The molecule has 0 saturated heterocycles. The summed E-state index contributed by atoms with van der Waals surface area (Å²) in [7, 11) is 0. The molecule has 0 bridgehead atoms. The summed E-state index contributed by atoms with van der Waals surface area (Å²) >= 11 is 1.19. The Bertz CT molecular complexity index is 1270. The zero-order valence-electron chi connectivity index (χ0n) is 18.2. The van der Waals surface area contributed by atoms with Gasteiger partial charge in [0.1, 0.15) is 5.82 Å². The first-order valence-electron chi connectivity index (χ1n) is 10.3. The molecule has 7 heteroatoms. The number of anilines is 1. The highest BCUT2D eigenvalue weighted by atomic mass is 32.2. The number of hydrogen-bond acceptors (Lipinski definition) is 4. The highest BCUT2D eigenvalue weighted by molar-refractivity contribution is 7.99. The lowest BCUT2D eigenvalue weighted by Gasteiger charge is -2.09. The Morgan fingerprint density at radius 1 is 1.00 bits per heavy atom. The third-order valence-electron chi connectivity index (χ3n) is 5.23. The summed E-state index contributed by atoms with van der Waals surface area (Å²) in [6.07, 6.45) is 1.42. The van der Waals surface area contributed by atoms with Crippen molar-refractivity contribution < 1.29 is 9.52 Å². The van der Waals surface area contributed by atoms with E-state index >= 15 is 0 Å². The van der Waals surface area contributed by atoms with Crippen LogP contribution in [-0.4, -0.2) is 21.4 Å². The SMILES string of the molecule is Cc1cc(C)c(-c2cc(NC(=O)CSc3cccc[n+]3[O-])n(-c3ccccc3)n2)cc1C. The summed E-state index contributed by atoms with van der Waals surface area (Å²) < 4.78 is 2.50. The summed E-state index contributed by atoms with van der Waals surface area (Å²) in [6.45, 7) is 6.24. The average Bonchev–Trinajstić information content (AvgIpc) is 3.19. The smallest absolute Gasteiger partial charge is 0.251 e. The van der Waals surface area contributed by atoms with Gasteiger partial charge >= 0.3 is 0 Å². The van der Waals surface area contributed by atoms with Crippen LogP contribution >= 0.6 is 11.8 Å². The van der Waals surface area contributed by atoms with Gasteiger partial charge in [0.15, 0.2) is 6.20 Å². The number of pyridine rings is 1. The number of aromatic nitrogens is 3. The largest absolute Gasteiger partial charge is 0.618 e. The van der Waals surface area contributed by atoms with Crippen molar-refractivity contribution >= 4 is 23.5 Å². The van der Waals surface area contributed by atoms with Crippen LogP contribution in [0.1, 0.15) is 16.7 Å².